The number of sulfone groups is 1. The summed E-state index contributed by atoms with van der Waals surface area (Å²) in [6.45, 7) is 7.42. The monoisotopic (exact) mass is 293 g/mol. The first-order valence-corrected chi connectivity index (χ1v) is 8.39. The van der Waals surface area contributed by atoms with Gasteiger partial charge in [0.1, 0.15) is 0 Å². The molecule has 5 nitrogen and oxygen atoms in total. The Morgan fingerprint density at radius 1 is 1.39 bits per heavy atom. The largest absolute Gasteiger partial charge is 0.317 e. The maximum atomic E-state index is 11.6. The maximum Gasteiger partial charge on any atom is 0.227 e. The Bertz CT molecular complexity index is 480. The highest BCUT2D eigenvalue weighted by Crippen LogP contribution is 2.13. The zero-order valence-electron chi connectivity index (χ0n) is 11.1. The molecule has 1 aromatic heterocycles. The molecule has 0 bridgehead atoms. The number of hydrogen-bond donors (Lipinski definition) is 0. The fraction of sp³-hybridized carbons (Fsp3) is 0.727. The molecule has 0 N–H and O–H groups in total. The third-order valence-electron chi connectivity index (χ3n) is 2.90. The second kappa shape index (κ2) is 6.54. The minimum atomic E-state index is -3.31. The minimum Gasteiger partial charge on any atom is -0.317 e. The van der Waals surface area contributed by atoms with Crippen molar-refractivity contribution < 1.29 is 8.42 Å². The Morgan fingerprint density at radius 3 is 2.44 bits per heavy atom. The molecular formula is C11H20ClN3O2S. The van der Waals surface area contributed by atoms with Crippen molar-refractivity contribution in [2.24, 2.45) is 0 Å². The number of rotatable bonds is 7. The van der Waals surface area contributed by atoms with Crippen molar-refractivity contribution in [3.05, 3.63) is 11.9 Å². The van der Waals surface area contributed by atoms with Crippen LogP contribution in [0.2, 0.25) is 0 Å². The van der Waals surface area contributed by atoms with Crippen LogP contribution in [0, 0.1) is 0 Å². The van der Waals surface area contributed by atoms with Gasteiger partial charge in [0.25, 0.3) is 0 Å². The van der Waals surface area contributed by atoms with Crippen molar-refractivity contribution in [3.8, 4) is 0 Å². The quantitative estimate of drug-likeness (QED) is 0.713. The van der Waals surface area contributed by atoms with Crippen molar-refractivity contribution in [1.82, 2.24) is 14.5 Å². The van der Waals surface area contributed by atoms with Gasteiger partial charge in [0.05, 0.1) is 17.8 Å². The first-order valence-electron chi connectivity index (χ1n) is 5.96. The van der Waals surface area contributed by atoms with Crippen molar-refractivity contribution in [3.63, 3.8) is 0 Å². The number of nitrogens with zero attached hydrogens (tertiary/aromatic N) is 3. The highest BCUT2D eigenvalue weighted by atomic mass is 35.5. The van der Waals surface area contributed by atoms with Gasteiger partial charge < -0.3 is 9.47 Å². The van der Waals surface area contributed by atoms with Gasteiger partial charge in [-0.05, 0) is 13.1 Å². The third kappa shape index (κ3) is 3.70. The lowest BCUT2D eigenvalue weighted by molar-refractivity contribution is 0.285. The Labute approximate surface area is 114 Å². The highest BCUT2D eigenvalue weighted by molar-refractivity contribution is 7.90. The van der Waals surface area contributed by atoms with Crippen molar-refractivity contribution in [2.45, 2.75) is 31.4 Å². The van der Waals surface area contributed by atoms with E-state index in [-0.39, 0.29) is 11.0 Å². The number of hydrogen-bond acceptors (Lipinski definition) is 4. The lowest BCUT2D eigenvalue weighted by Gasteiger charge is -2.19. The van der Waals surface area contributed by atoms with Crippen LogP contribution in [0.5, 0.6) is 0 Å². The molecule has 0 amide bonds. The summed E-state index contributed by atoms with van der Waals surface area (Å²) in [5.41, 5.74) is 0.740. The van der Waals surface area contributed by atoms with Gasteiger partial charge in [-0.2, -0.15) is 0 Å². The molecule has 0 aliphatic carbocycles. The van der Waals surface area contributed by atoms with Crippen LogP contribution in [0.25, 0.3) is 0 Å². The molecule has 104 valence electrons. The molecule has 18 heavy (non-hydrogen) atoms. The fourth-order valence-corrected chi connectivity index (χ4v) is 2.88. The first-order chi connectivity index (χ1) is 8.43. The van der Waals surface area contributed by atoms with E-state index in [9.17, 15) is 8.42 Å². The zero-order chi connectivity index (χ0) is 13.8. The van der Waals surface area contributed by atoms with Gasteiger partial charge in [-0.1, -0.05) is 13.8 Å². The van der Waals surface area contributed by atoms with Gasteiger partial charge >= 0.3 is 0 Å². The normalized spacial score (nSPS) is 12.3. The van der Waals surface area contributed by atoms with E-state index < -0.39 is 9.84 Å². The number of likely N-dealkylation sites (N-methyl/N-ethyl adjacent to an activating group) is 1. The maximum absolute atomic E-state index is 11.6. The smallest absolute Gasteiger partial charge is 0.227 e. The lowest BCUT2D eigenvalue weighted by Crippen LogP contribution is -2.28. The molecule has 0 atom stereocenters. The SMILES string of the molecule is CCN(CC)CCn1c(CCl)cnc1S(C)(=O)=O. The minimum absolute atomic E-state index is 0.102. The van der Waals surface area contributed by atoms with Crippen LogP contribution in [0.3, 0.4) is 0 Å². The number of imidazole rings is 1. The van der Waals surface area contributed by atoms with Gasteiger partial charge in [-0.15, -0.1) is 11.6 Å². The van der Waals surface area contributed by atoms with Gasteiger partial charge in [0.2, 0.25) is 15.0 Å². The van der Waals surface area contributed by atoms with Crippen LogP contribution in [-0.2, 0) is 22.3 Å². The van der Waals surface area contributed by atoms with Crippen LogP contribution in [-0.4, -0.2) is 48.8 Å². The summed E-state index contributed by atoms with van der Waals surface area (Å²) < 4.78 is 24.9. The third-order valence-corrected chi connectivity index (χ3v) is 4.17. The van der Waals surface area contributed by atoms with Crippen LogP contribution >= 0.6 is 11.6 Å². The lowest BCUT2D eigenvalue weighted by atomic mass is 10.4. The Balaban J connectivity index is 2.95. The molecule has 0 spiro atoms. The van der Waals surface area contributed by atoms with Gasteiger partial charge in [0.15, 0.2) is 0 Å². The summed E-state index contributed by atoms with van der Waals surface area (Å²) in [4.78, 5) is 6.19. The number of halogens is 1. The fourth-order valence-electron chi connectivity index (χ4n) is 1.82. The summed E-state index contributed by atoms with van der Waals surface area (Å²) in [5.74, 6) is 0.265. The molecule has 1 rings (SSSR count). The van der Waals surface area contributed by atoms with E-state index in [1.54, 1.807) is 4.57 Å². The molecule has 7 heteroatoms. The van der Waals surface area contributed by atoms with E-state index in [0.29, 0.717) is 6.54 Å². The summed E-state index contributed by atoms with van der Waals surface area (Å²) >= 11 is 5.81. The van der Waals surface area contributed by atoms with Gasteiger partial charge in [-0.3, -0.25) is 0 Å². The van der Waals surface area contributed by atoms with Crippen LogP contribution in [0.15, 0.2) is 11.4 Å². The Hall–Kier alpha value is -0.590. The molecule has 0 fully saturated rings. The van der Waals surface area contributed by atoms with Gasteiger partial charge in [-0.25, -0.2) is 13.4 Å². The van der Waals surface area contributed by atoms with Crippen LogP contribution in [0.1, 0.15) is 19.5 Å². The number of alkyl halides is 1. The molecule has 0 aliphatic rings. The summed E-state index contributed by atoms with van der Waals surface area (Å²) in [6.07, 6.45) is 2.70. The molecule has 0 radical (unpaired) electrons. The Morgan fingerprint density at radius 2 is 2.00 bits per heavy atom. The average Bonchev–Trinajstić information content (AvgIpc) is 2.73. The molecule has 0 saturated carbocycles. The van der Waals surface area contributed by atoms with Crippen LogP contribution in [0.4, 0.5) is 0 Å². The molecule has 1 aromatic rings. The Kier molecular flexibility index (Phi) is 5.62. The summed E-state index contributed by atoms with van der Waals surface area (Å²) in [6, 6.07) is 0. The second-order valence-electron chi connectivity index (χ2n) is 4.12. The van der Waals surface area contributed by atoms with Gasteiger partial charge in [0, 0.05) is 19.3 Å². The molecule has 0 aliphatic heterocycles. The van der Waals surface area contributed by atoms with E-state index in [0.717, 1.165) is 25.3 Å². The molecule has 0 aromatic carbocycles. The molecule has 0 saturated heterocycles. The van der Waals surface area contributed by atoms with E-state index in [1.165, 1.54) is 12.5 Å². The molecule has 1 heterocycles. The highest BCUT2D eigenvalue weighted by Gasteiger charge is 2.18. The number of aromatic nitrogens is 2. The van der Waals surface area contributed by atoms with Crippen molar-refractivity contribution in [1.29, 1.82) is 0 Å². The van der Waals surface area contributed by atoms with Crippen molar-refractivity contribution >= 4 is 21.4 Å². The standard InChI is InChI=1S/C11H20ClN3O2S/c1-4-14(5-2)6-7-15-10(8-12)9-13-11(15)18(3,16)17/h9H,4-8H2,1-3H3. The second-order valence-corrected chi connectivity index (χ2v) is 6.29. The molecular weight excluding hydrogens is 274 g/mol. The predicted molar refractivity (Wildman–Crippen MR) is 72.7 cm³/mol. The van der Waals surface area contributed by atoms with Crippen LogP contribution < -0.4 is 0 Å². The predicted octanol–water partition coefficient (Wildman–Crippen LogP) is 1.37. The van der Waals surface area contributed by atoms with Crippen molar-refractivity contribution in [2.75, 3.05) is 25.9 Å². The topological polar surface area (TPSA) is 55.2 Å². The summed E-state index contributed by atoms with van der Waals surface area (Å²) in [5, 5.41) is 0.102. The van der Waals surface area contributed by atoms with E-state index in [1.807, 2.05) is 0 Å². The molecule has 0 unspecified atom stereocenters. The average molecular weight is 294 g/mol. The summed E-state index contributed by atoms with van der Waals surface area (Å²) in [7, 11) is -3.31. The van der Waals surface area contributed by atoms with E-state index in [4.69, 9.17) is 11.6 Å². The first kappa shape index (κ1) is 15.5. The van der Waals surface area contributed by atoms with E-state index >= 15 is 0 Å². The zero-order valence-corrected chi connectivity index (χ0v) is 12.6. The van der Waals surface area contributed by atoms with E-state index in [2.05, 4.69) is 23.7 Å².